The van der Waals surface area contributed by atoms with E-state index in [2.05, 4.69) is 4.98 Å². The summed E-state index contributed by atoms with van der Waals surface area (Å²) in [5.74, 6) is -0.306. The van der Waals surface area contributed by atoms with Gasteiger partial charge in [-0.15, -0.1) is 0 Å². The van der Waals surface area contributed by atoms with Gasteiger partial charge in [-0.1, -0.05) is 29.8 Å². The average molecular weight is 726 g/mol. The highest BCUT2D eigenvalue weighted by atomic mass is 35.5. The average Bonchev–Trinajstić information content (AvgIpc) is 3.42. The highest BCUT2D eigenvalue weighted by Gasteiger charge is 2.37. The summed E-state index contributed by atoms with van der Waals surface area (Å²) in [7, 11) is 0. The summed E-state index contributed by atoms with van der Waals surface area (Å²) in [6, 6.07) is 12.1. The first kappa shape index (κ1) is 36.5. The molecular weight excluding hydrogens is 684 g/mol. The van der Waals surface area contributed by atoms with Crippen molar-refractivity contribution in [3.8, 4) is 5.69 Å². The summed E-state index contributed by atoms with van der Waals surface area (Å²) >= 11 is 6.71. The Morgan fingerprint density at radius 2 is 1.80 bits per heavy atom. The van der Waals surface area contributed by atoms with Gasteiger partial charge in [0.15, 0.2) is 5.65 Å². The van der Waals surface area contributed by atoms with Crippen molar-refractivity contribution in [1.29, 1.82) is 0 Å². The fourth-order valence-electron chi connectivity index (χ4n) is 6.75. The number of amides is 2. The fourth-order valence-corrected chi connectivity index (χ4v) is 7.04. The molecule has 1 N–H and O–H groups in total. The first-order valence-corrected chi connectivity index (χ1v) is 17.3. The first-order valence-electron chi connectivity index (χ1n) is 16.9. The maximum Gasteiger partial charge on any atom is 0.410 e. The molecule has 11 nitrogen and oxygen atoms in total. The lowest BCUT2D eigenvalue weighted by Gasteiger charge is -2.40. The first-order chi connectivity index (χ1) is 24.0. The summed E-state index contributed by atoms with van der Waals surface area (Å²) in [6.07, 6.45) is -1.36. The number of alkyl halides is 2. The molecule has 4 aromatic rings. The van der Waals surface area contributed by atoms with Crippen molar-refractivity contribution in [1.82, 2.24) is 23.9 Å². The molecule has 0 saturated carbocycles. The second-order valence-corrected chi connectivity index (χ2v) is 14.9. The van der Waals surface area contributed by atoms with Crippen molar-refractivity contribution in [2.45, 2.75) is 83.8 Å². The third-order valence-electron chi connectivity index (χ3n) is 9.46. The second kappa shape index (κ2) is 14.0. The zero-order valence-electron chi connectivity index (χ0n) is 29.2. The van der Waals surface area contributed by atoms with Gasteiger partial charge in [0.25, 0.3) is 17.9 Å². The van der Waals surface area contributed by atoms with Crippen LogP contribution in [0.5, 0.6) is 0 Å². The largest absolute Gasteiger partial charge is 0.444 e. The summed E-state index contributed by atoms with van der Waals surface area (Å²) in [6.45, 7) is 10.5. The Bertz CT molecular complexity index is 2000. The van der Waals surface area contributed by atoms with Crippen LogP contribution in [0.25, 0.3) is 16.7 Å². The van der Waals surface area contributed by atoms with Gasteiger partial charge in [0.1, 0.15) is 17.1 Å². The topological polar surface area (TPSA) is 119 Å². The molecule has 2 amide bonds. The number of aliphatic hydroxyl groups is 1. The van der Waals surface area contributed by atoms with Crippen molar-refractivity contribution in [3.05, 3.63) is 92.6 Å². The number of benzene rings is 2. The molecule has 6 rings (SSSR count). The number of halogens is 3. The van der Waals surface area contributed by atoms with E-state index >= 15 is 0 Å². The number of aromatic nitrogens is 3. The molecule has 0 bridgehead atoms. The summed E-state index contributed by atoms with van der Waals surface area (Å²) in [4.78, 5) is 47.7. The number of nitrogens with zero attached hydrogens (tertiary/aromatic N) is 5. The van der Waals surface area contributed by atoms with Crippen molar-refractivity contribution in [2.24, 2.45) is 0 Å². The van der Waals surface area contributed by atoms with Crippen molar-refractivity contribution in [3.63, 3.8) is 0 Å². The number of carbonyl (C=O) groups excluding carboxylic acids is 2. The van der Waals surface area contributed by atoms with Crippen LogP contribution in [0.2, 0.25) is 5.15 Å². The zero-order valence-corrected chi connectivity index (χ0v) is 30.0. The third-order valence-corrected chi connectivity index (χ3v) is 9.74. The van der Waals surface area contributed by atoms with Gasteiger partial charge in [-0.05, 0) is 88.9 Å². The number of hydrogen-bond donors (Lipinski definition) is 1. The van der Waals surface area contributed by atoms with Crippen LogP contribution in [0.4, 0.5) is 13.6 Å². The molecule has 4 heterocycles. The number of piperidine rings is 1. The molecule has 2 saturated heterocycles. The number of aryl methyl sites for hydroxylation is 1. The van der Waals surface area contributed by atoms with Gasteiger partial charge in [0.2, 0.25) is 0 Å². The van der Waals surface area contributed by atoms with E-state index in [1.165, 1.54) is 35.2 Å². The zero-order chi connectivity index (χ0) is 36.8. The Balaban J connectivity index is 1.19. The van der Waals surface area contributed by atoms with E-state index in [4.69, 9.17) is 21.1 Å². The highest BCUT2D eigenvalue weighted by Crippen LogP contribution is 2.33. The Labute approximate surface area is 299 Å². The van der Waals surface area contributed by atoms with E-state index in [1.54, 1.807) is 20.4 Å². The van der Waals surface area contributed by atoms with Crippen LogP contribution in [0.3, 0.4) is 0 Å². The van der Waals surface area contributed by atoms with Crippen LogP contribution < -0.4 is 5.56 Å². The van der Waals surface area contributed by atoms with E-state index < -0.39 is 23.7 Å². The molecule has 2 atom stereocenters. The molecular formula is C37H42ClF2N5O6. The lowest BCUT2D eigenvalue weighted by molar-refractivity contribution is -0.0645. The monoisotopic (exact) mass is 725 g/mol. The van der Waals surface area contributed by atoms with Gasteiger partial charge >= 0.3 is 6.09 Å². The third kappa shape index (κ3) is 7.65. The number of likely N-dealkylation sites (tertiary alicyclic amines) is 1. The quantitative estimate of drug-likeness (QED) is 0.243. The van der Waals surface area contributed by atoms with E-state index in [0.717, 1.165) is 11.1 Å². The van der Waals surface area contributed by atoms with Gasteiger partial charge < -0.3 is 19.5 Å². The number of fused-ring (bicyclic) bond motifs is 1. The lowest BCUT2D eigenvalue weighted by atomic mass is 9.91. The van der Waals surface area contributed by atoms with Gasteiger partial charge in [-0.2, -0.15) is 0 Å². The Hall–Kier alpha value is -4.33. The minimum atomic E-state index is -2.62. The Morgan fingerprint density at radius 3 is 2.43 bits per heavy atom. The molecule has 51 heavy (non-hydrogen) atoms. The number of hydrogen-bond acceptors (Lipinski definition) is 7. The summed E-state index contributed by atoms with van der Waals surface area (Å²) in [5.41, 5.74) is 0.642. The predicted molar refractivity (Wildman–Crippen MR) is 188 cm³/mol. The normalized spacial score (nSPS) is 19.5. The number of rotatable bonds is 6. The number of ether oxygens (including phenoxy) is 2. The van der Waals surface area contributed by atoms with Crippen LogP contribution in [0.15, 0.2) is 59.7 Å². The van der Waals surface area contributed by atoms with E-state index in [1.807, 2.05) is 52.8 Å². The summed E-state index contributed by atoms with van der Waals surface area (Å²) in [5, 5.41) is 12.0. The number of carbonyl (C=O) groups is 2. The van der Waals surface area contributed by atoms with Crippen molar-refractivity contribution >= 4 is 34.6 Å². The van der Waals surface area contributed by atoms with Crippen LogP contribution in [0, 0.1) is 6.92 Å². The molecule has 2 aliphatic rings. The highest BCUT2D eigenvalue weighted by molar-refractivity contribution is 6.31. The van der Waals surface area contributed by atoms with Crippen LogP contribution in [-0.4, -0.2) is 84.6 Å². The molecule has 0 radical (unpaired) electrons. The molecule has 0 unspecified atom stereocenters. The Kier molecular flexibility index (Phi) is 10.0. The fraction of sp³-hybridized carbons (Fsp3) is 0.459. The standard InChI is InChI=1S/C37H42ClF2N5O6/c1-22-16-26(10-11-27(22)29-19-50-23(2)18-44(29)35(48)51-36(3,4)5)45-30(38)17-28-32(45)41-21-43(34(28)47)20-37(49)12-14-42(15-13-37)33(46)25-8-6-24(7-9-25)31(39)40/h6-11,16-17,21,23,29,31,49H,12-15,18-20H2,1-5H3/t23-,29-/m1/s1. The number of morpholine rings is 1. The van der Waals surface area contributed by atoms with Crippen molar-refractivity contribution in [2.75, 3.05) is 26.2 Å². The van der Waals surface area contributed by atoms with Gasteiger partial charge in [0.05, 0.1) is 42.8 Å². The molecule has 2 fully saturated rings. The van der Waals surface area contributed by atoms with Gasteiger partial charge in [-0.3, -0.25) is 23.6 Å². The molecule has 14 heteroatoms. The second-order valence-electron chi connectivity index (χ2n) is 14.5. The van der Waals surface area contributed by atoms with Gasteiger partial charge in [-0.25, -0.2) is 18.6 Å². The summed E-state index contributed by atoms with van der Waals surface area (Å²) < 4.78 is 40.5. The van der Waals surface area contributed by atoms with E-state index in [9.17, 15) is 28.3 Å². The van der Waals surface area contributed by atoms with Crippen LogP contribution in [-0.2, 0) is 16.0 Å². The molecule has 0 spiro atoms. The SMILES string of the molecule is Cc1cc(-n2c(Cl)cc3c(=O)n(CC4(O)CCN(C(=O)c5ccc(C(F)F)cc5)CC4)cnc32)ccc1[C@H]1CO[C@H](C)CN1C(=O)OC(C)(C)C. The predicted octanol–water partition coefficient (Wildman–Crippen LogP) is 6.45. The minimum absolute atomic E-state index is 0.0350. The smallest absolute Gasteiger partial charge is 0.410 e. The van der Waals surface area contributed by atoms with E-state index in [0.29, 0.717) is 30.0 Å². The lowest BCUT2D eigenvalue weighted by Crippen LogP contribution is -2.49. The van der Waals surface area contributed by atoms with Gasteiger partial charge in [0, 0.05) is 29.9 Å². The molecule has 2 aliphatic heterocycles. The Morgan fingerprint density at radius 1 is 1.12 bits per heavy atom. The molecule has 2 aromatic carbocycles. The van der Waals surface area contributed by atoms with Crippen LogP contribution in [0.1, 0.15) is 80.1 Å². The molecule has 272 valence electrons. The molecule has 2 aromatic heterocycles. The maximum absolute atomic E-state index is 13.7. The molecule has 0 aliphatic carbocycles. The van der Waals surface area contributed by atoms with E-state index in [-0.39, 0.29) is 72.2 Å². The maximum atomic E-state index is 13.7. The van der Waals surface area contributed by atoms with Crippen molar-refractivity contribution < 1.29 is 33.0 Å². The minimum Gasteiger partial charge on any atom is -0.444 e. The van der Waals surface area contributed by atoms with Crippen LogP contribution >= 0.6 is 11.6 Å².